The standard InChI is InChI=1S/C23H23BrN2O5/c1-29-11-12-30-19-4-2-3-17(13-19)15-25-22(27)14-16-5-7-18(8-6-16)26-23(28)20-9-10-21(24)31-20/h2-10,13H,11-12,14-15H2,1H3,(H,25,27)(H,26,28). The van der Waals surface area contributed by atoms with Gasteiger partial charge in [0.25, 0.3) is 5.91 Å². The summed E-state index contributed by atoms with van der Waals surface area (Å²) in [7, 11) is 1.62. The number of hydrogen-bond donors (Lipinski definition) is 2. The molecule has 162 valence electrons. The first kappa shape index (κ1) is 22.6. The Labute approximate surface area is 188 Å². The van der Waals surface area contributed by atoms with E-state index in [0.29, 0.717) is 30.1 Å². The van der Waals surface area contributed by atoms with Crippen molar-refractivity contribution >= 4 is 33.4 Å². The van der Waals surface area contributed by atoms with Crippen molar-refractivity contribution < 1.29 is 23.5 Å². The van der Waals surface area contributed by atoms with E-state index in [2.05, 4.69) is 26.6 Å². The monoisotopic (exact) mass is 486 g/mol. The zero-order chi connectivity index (χ0) is 22.1. The van der Waals surface area contributed by atoms with Crippen molar-refractivity contribution in [3.05, 3.63) is 82.2 Å². The third-order valence-electron chi connectivity index (χ3n) is 4.32. The fourth-order valence-corrected chi connectivity index (χ4v) is 3.08. The fourth-order valence-electron chi connectivity index (χ4n) is 2.77. The number of methoxy groups -OCH3 is 1. The first-order valence-electron chi connectivity index (χ1n) is 9.66. The van der Waals surface area contributed by atoms with Gasteiger partial charge in [-0.25, -0.2) is 0 Å². The normalized spacial score (nSPS) is 10.5. The number of furan rings is 1. The Morgan fingerprint density at radius 3 is 2.52 bits per heavy atom. The molecule has 0 unspecified atom stereocenters. The quantitative estimate of drug-likeness (QED) is 0.419. The molecule has 0 aliphatic heterocycles. The summed E-state index contributed by atoms with van der Waals surface area (Å²) in [6, 6.07) is 17.9. The summed E-state index contributed by atoms with van der Waals surface area (Å²) < 4.78 is 16.3. The van der Waals surface area contributed by atoms with Crippen LogP contribution in [0.4, 0.5) is 5.69 Å². The number of benzene rings is 2. The van der Waals surface area contributed by atoms with Gasteiger partial charge in [0.1, 0.15) is 12.4 Å². The van der Waals surface area contributed by atoms with E-state index in [1.807, 2.05) is 24.3 Å². The van der Waals surface area contributed by atoms with Crippen LogP contribution in [-0.2, 0) is 22.5 Å². The van der Waals surface area contributed by atoms with Gasteiger partial charge in [0.15, 0.2) is 10.4 Å². The van der Waals surface area contributed by atoms with Crippen molar-refractivity contribution in [2.75, 3.05) is 25.6 Å². The van der Waals surface area contributed by atoms with E-state index in [1.165, 1.54) is 0 Å². The van der Waals surface area contributed by atoms with E-state index in [9.17, 15) is 9.59 Å². The number of carbonyl (C=O) groups excluding carboxylic acids is 2. The Hall–Kier alpha value is -3.10. The predicted molar refractivity (Wildman–Crippen MR) is 120 cm³/mol. The second kappa shape index (κ2) is 11.3. The lowest BCUT2D eigenvalue weighted by Crippen LogP contribution is -2.24. The molecule has 0 aliphatic rings. The van der Waals surface area contributed by atoms with Crippen molar-refractivity contribution in [3.8, 4) is 5.75 Å². The minimum atomic E-state index is -0.343. The summed E-state index contributed by atoms with van der Waals surface area (Å²) in [5, 5.41) is 5.66. The molecule has 3 aromatic rings. The first-order valence-corrected chi connectivity index (χ1v) is 10.5. The maximum absolute atomic E-state index is 12.3. The summed E-state index contributed by atoms with van der Waals surface area (Å²) in [5.74, 6) is 0.513. The summed E-state index contributed by atoms with van der Waals surface area (Å²) in [5.41, 5.74) is 2.41. The summed E-state index contributed by atoms with van der Waals surface area (Å²) >= 11 is 3.17. The van der Waals surface area contributed by atoms with Crippen molar-refractivity contribution in [1.82, 2.24) is 5.32 Å². The molecule has 2 amide bonds. The molecule has 3 rings (SSSR count). The van der Waals surface area contributed by atoms with E-state index >= 15 is 0 Å². The molecule has 2 aromatic carbocycles. The lowest BCUT2D eigenvalue weighted by molar-refractivity contribution is -0.120. The van der Waals surface area contributed by atoms with Crippen LogP contribution in [0.1, 0.15) is 21.7 Å². The maximum Gasteiger partial charge on any atom is 0.291 e. The molecule has 1 heterocycles. The molecule has 0 radical (unpaired) electrons. The molecular weight excluding hydrogens is 464 g/mol. The molecule has 2 N–H and O–H groups in total. The van der Waals surface area contributed by atoms with Gasteiger partial charge in [-0.1, -0.05) is 24.3 Å². The van der Waals surface area contributed by atoms with Crippen LogP contribution in [0.3, 0.4) is 0 Å². The van der Waals surface area contributed by atoms with E-state index in [1.54, 1.807) is 43.5 Å². The largest absolute Gasteiger partial charge is 0.491 e. The van der Waals surface area contributed by atoms with Gasteiger partial charge in [-0.2, -0.15) is 0 Å². The Balaban J connectivity index is 1.46. The molecule has 31 heavy (non-hydrogen) atoms. The van der Waals surface area contributed by atoms with Crippen molar-refractivity contribution in [3.63, 3.8) is 0 Å². The van der Waals surface area contributed by atoms with Crippen LogP contribution in [0, 0.1) is 0 Å². The highest BCUT2D eigenvalue weighted by atomic mass is 79.9. The highest BCUT2D eigenvalue weighted by Crippen LogP contribution is 2.17. The summed E-state index contributed by atoms with van der Waals surface area (Å²) in [6.07, 6.45) is 0.239. The first-order chi connectivity index (χ1) is 15.0. The fraction of sp³-hybridized carbons (Fsp3) is 0.217. The molecule has 0 fully saturated rings. The zero-order valence-electron chi connectivity index (χ0n) is 17.0. The van der Waals surface area contributed by atoms with E-state index in [4.69, 9.17) is 13.9 Å². The average molecular weight is 487 g/mol. The van der Waals surface area contributed by atoms with Gasteiger partial charge in [-0.15, -0.1) is 0 Å². The van der Waals surface area contributed by atoms with Gasteiger partial charge in [0.2, 0.25) is 5.91 Å². The number of halogens is 1. The highest BCUT2D eigenvalue weighted by Gasteiger charge is 2.11. The van der Waals surface area contributed by atoms with Crippen LogP contribution < -0.4 is 15.4 Å². The molecule has 0 spiro atoms. The van der Waals surface area contributed by atoms with Crippen molar-refractivity contribution in [2.24, 2.45) is 0 Å². The molecular formula is C23H23BrN2O5. The minimum absolute atomic E-state index is 0.0945. The Morgan fingerprint density at radius 2 is 1.81 bits per heavy atom. The third-order valence-corrected chi connectivity index (χ3v) is 4.74. The van der Waals surface area contributed by atoms with E-state index in [-0.39, 0.29) is 24.0 Å². The van der Waals surface area contributed by atoms with Gasteiger partial charge >= 0.3 is 0 Å². The van der Waals surface area contributed by atoms with Crippen LogP contribution in [0.5, 0.6) is 5.75 Å². The third kappa shape index (κ3) is 7.27. The summed E-state index contributed by atoms with van der Waals surface area (Å²) in [6.45, 7) is 1.40. The zero-order valence-corrected chi connectivity index (χ0v) is 18.6. The number of anilines is 1. The van der Waals surface area contributed by atoms with Gasteiger partial charge in [-0.3, -0.25) is 9.59 Å². The van der Waals surface area contributed by atoms with Crippen LogP contribution >= 0.6 is 15.9 Å². The van der Waals surface area contributed by atoms with Crippen LogP contribution in [0.15, 0.2) is 69.8 Å². The number of carbonyl (C=O) groups is 2. The van der Waals surface area contributed by atoms with Crippen molar-refractivity contribution in [1.29, 1.82) is 0 Å². The molecule has 0 aliphatic carbocycles. The minimum Gasteiger partial charge on any atom is -0.491 e. The highest BCUT2D eigenvalue weighted by molar-refractivity contribution is 9.10. The molecule has 0 saturated heterocycles. The molecule has 8 heteroatoms. The lowest BCUT2D eigenvalue weighted by atomic mass is 10.1. The number of ether oxygens (including phenoxy) is 2. The smallest absolute Gasteiger partial charge is 0.291 e. The van der Waals surface area contributed by atoms with Crippen molar-refractivity contribution in [2.45, 2.75) is 13.0 Å². The van der Waals surface area contributed by atoms with Gasteiger partial charge < -0.3 is 24.5 Å². The number of nitrogens with one attached hydrogen (secondary N) is 2. The molecule has 1 aromatic heterocycles. The second-order valence-corrected chi connectivity index (χ2v) is 7.48. The van der Waals surface area contributed by atoms with Crippen LogP contribution in [-0.4, -0.2) is 32.1 Å². The molecule has 0 bridgehead atoms. The van der Waals surface area contributed by atoms with E-state index in [0.717, 1.165) is 16.9 Å². The lowest BCUT2D eigenvalue weighted by Gasteiger charge is -2.09. The molecule has 7 nitrogen and oxygen atoms in total. The maximum atomic E-state index is 12.3. The Kier molecular flexibility index (Phi) is 8.26. The van der Waals surface area contributed by atoms with Gasteiger partial charge in [0, 0.05) is 19.3 Å². The van der Waals surface area contributed by atoms with Crippen LogP contribution in [0.2, 0.25) is 0 Å². The number of hydrogen-bond acceptors (Lipinski definition) is 5. The average Bonchev–Trinajstić information content (AvgIpc) is 3.21. The second-order valence-electron chi connectivity index (χ2n) is 6.70. The van der Waals surface area contributed by atoms with Gasteiger partial charge in [-0.05, 0) is 63.5 Å². The van der Waals surface area contributed by atoms with Gasteiger partial charge in [0.05, 0.1) is 13.0 Å². The SMILES string of the molecule is COCCOc1cccc(CNC(=O)Cc2ccc(NC(=O)c3ccc(Br)o3)cc2)c1. The number of rotatable bonds is 10. The molecule has 0 saturated carbocycles. The Bertz CT molecular complexity index is 1020. The predicted octanol–water partition coefficient (Wildman–Crippen LogP) is 4.18. The van der Waals surface area contributed by atoms with Crippen LogP contribution in [0.25, 0.3) is 0 Å². The Morgan fingerprint density at radius 1 is 1.00 bits per heavy atom. The summed E-state index contributed by atoms with van der Waals surface area (Å²) in [4.78, 5) is 24.4. The van der Waals surface area contributed by atoms with E-state index < -0.39 is 0 Å². The number of amides is 2. The molecule has 0 atom stereocenters. The topological polar surface area (TPSA) is 89.8 Å².